The second-order valence-electron chi connectivity index (χ2n) is 6.55. The predicted molar refractivity (Wildman–Crippen MR) is 121 cm³/mol. The fourth-order valence-electron chi connectivity index (χ4n) is 2.71. The van der Waals surface area contributed by atoms with Gasteiger partial charge in [-0.2, -0.15) is 10.4 Å². The van der Waals surface area contributed by atoms with Crippen molar-refractivity contribution >= 4 is 27.8 Å². The van der Waals surface area contributed by atoms with Crippen molar-refractivity contribution in [2.24, 2.45) is 5.10 Å². The standard InChI is InChI=1S/C23H20N4O4S/c1-27(32(29,30)22-5-3-2-4-6-22)20-11-9-19(10-12-20)23(28)26-25-17-18-7-13-21(14-8-18)31-16-15-24/h2-14,17H,16H2,1H3,(H,26,28). The fourth-order valence-corrected chi connectivity index (χ4v) is 3.92. The Balaban J connectivity index is 1.61. The summed E-state index contributed by atoms with van der Waals surface area (Å²) in [4.78, 5) is 12.5. The minimum Gasteiger partial charge on any atom is -0.479 e. The first kappa shape index (κ1) is 22.5. The number of hydrogen-bond donors (Lipinski definition) is 1. The van der Waals surface area contributed by atoms with Crippen molar-refractivity contribution in [1.82, 2.24) is 5.43 Å². The van der Waals surface area contributed by atoms with Crippen molar-refractivity contribution in [3.8, 4) is 11.8 Å². The third kappa shape index (κ3) is 5.50. The van der Waals surface area contributed by atoms with E-state index in [9.17, 15) is 13.2 Å². The van der Waals surface area contributed by atoms with Gasteiger partial charge in [0.25, 0.3) is 15.9 Å². The van der Waals surface area contributed by atoms with Gasteiger partial charge in [-0.05, 0) is 66.2 Å². The van der Waals surface area contributed by atoms with Gasteiger partial charge in [0.15, 0.2) is 6.61 Å². The summed E-state index contributed by atoms with van der Waals surface area (Å²) in [5.74, 6) is 0.127. The number of carbonyl (C=O) groups excluding carboxylic acids is 1. The summed E-state index contributed by atoms with van der Waals surface area (Å²) in [5.41, 5.74) is 3.91. The molecule has 3 aromatic rings. The number of rotatable bonds is 8. The first-order chi connectivity index (χ1) is 15.4. The van der Waals surface area contributed by atoms with E-state index in [1.807, 2.05) is 6.07 Å². The van der Waals surface area contributed by atoms with Crippen LogP contribution in [0.3, 0.4) is 0 Å². The zero-order valence-electron chi connectivity index (χ0n) is 17.2. The van der Waals surface area contributed by atoms with Crippen LogP contribution < -0.4 is 14.5 Å². The molecular formula is C23H20N4O4S. The summed E-state index contributed by atoms with van der Waals surface area (Å²) in [6.45, 7) is -0.0315. The lowest BCUT2D eigenvalue weighted by Gasteiger charge is -2.19. The van der Waals surface area contributed by atoms with E-state index in [1.165, 1.54) is 37.5 Å². The quantitative estimate of drug-likeness (QED) is 0.420. The van der Waals surface area contributed by atoms with Gasteiger partial charge in [0.05, 0.1) is 16.8 Å². The van der Waals surface area contributed by atoms with Gasteiger partial charge in [-0.25, -0.2) is 13.8 Å². The molecule has 0 aromatic heterocycles. The third-order valence-electron chi connectivity index (χ3n) is 4.46. The van der Waals surface area contributed by atoms with E-state index in [1.54, 1.807) is 54.6 Å². The average Bonchev–Trinajstić information content (AvgIpc) is 2.83. The highest BCUT2D eigenvalue weighted by Crippen LogP contribution is 2.22. The number of amides is 1. The highest BCUT2D eigenvalue weighted by atomic mass is 32.2. The Morgan fingerprint density at radius 3 is 2.34 bits per heavy atom. The largest absolute Gasteiger partial charge is 0.479 e. The number of carbonyl (C=O) groups is 1. The second-order valence-corrected chi connectivity index (χ2v) is 8.52. The number of benzene rings is 3. The average molecular weight is 449 g/mol. The number of ether oxygens (including phenoxy) is 1. The Hall–Kier alpha value is -4.16. The molecule has 0 fully saturated rings. The monoisotopic (exact) mass is 448 g/mol. The Morgan fingerprint density at radius 1 is 1.06 bits per heavy atom. The molecule has 9 heteroatoms. The molecule has 0 aliphatic heterocycles. The van der Waals surface area contributed by atoms with Crippen molar-refractivity contribution in [2.75, 3.05) is 18.0 Å². The SMILES string of the molecule is CN(c1ccc(C(=O)NN=Cc2ccc(OCC#N)cc2)cc1)S(=O)(=O)c1ccccc1. The molecule has 0 aliphatic carbocycles. The molecule has 3 rings (SSSR count). The number of hydrogen-bond acceptors (Lipinski definition) is 6. The second kappa shape index (κ2) is 10.2. The Morgan fingerprint density at radius 2 is 1.72 bits per heavy atom. The van der Waals surface area contributed by atoms with Gasteiger partial charge in [-0.15, -0.1) is 0 Å². The van der Waals surface area contributed by atoms with E-state index >= 15 is 0 Å². The molecular weight excluding hydrogens is 428 g/mol. The highest BCUT2D eigenvalue weighted by Gasteiger charge is 2.21. The van der Waals surface area contributed by atoms with Gasteiger partial charge in [0, 0.05) is 12.6 Å². The number of nitrogens with zero attached hydrogens (tertiary/aromatic N) is 3. The Bertz CT molecular complexity index is 1230. The third-order valence-corrected chi connectivity index (χ3v) is 6.26. The van der Waals surface area contributed by atoms with Gasteiger partial charge in [-0.3, -0.25) is 9.10 Å². The van der Waals surface area contributed by atoms with Crippen molar-refractivity contribution < 1.29 is 17.9 Å². The number of hydrazone groups is 1. The lowest BCUT2D eigenvalue weighted by atomic mass is 10.2. The minimum atomic E-state index is -3.69. The molecule has 0 bridgehead atoms. The molecule has 32 heavy (non-hydrogen) atoms. The van der Waals surface area contributed by atoms with Gasteiger partial charge in [0.2, 0.25) is 0 Å². The summed E-state index contributed by atoms with van der Waals surface area (Å²) >= 11 is 0. The molecule has 162 valence electrons. The zero-order chi connectivity index (χ0) is 23.0. The van der Waals surface area contributed by atoms with E-state index in [2.05, 4.69) is 10.5 Å². The highest BCUT2D eigenvalue weighted by molar-refractivity contribution is 7.92. The molecule has 8 nitrogen and oxygen atoms in total. The van der Waals surface area contributed by atoms with Crippen LogP contribution in [0, 0.1) is 11.3 Å². The molecule has 0 aliphatic rings. The molecule has 0 radical (unpaired) electrons. The van der Waals surface area contributed by atoms with E-state index in [4.69, 9.17) is 10.00 Å². The molecule has 1 amide bonds. The molecule has 0 saturated heterocycles. The molecule has 0 spiro atoms. The summed E-state index contributed by atoms with van der Waals surface area (Å²) in [5, 5.41) is 12.4. The summed E-state index contributed by atoms with van der Waals surface area (Å²) in [7, 11) is -2.24. The lowest BCUT2D eigenvalue weighted by molar-refractivity contribution is 0.0955. The Kier molecular flexibility index (Phi) is 7.21. The molecule has 0 unspecified atom stereocenters. The first-order valence-corrected chi connectivity index (χ1v) is 10.9. The topological polar surface area (TPSA) is 112 Å². The number of nitriles is 1. The van der Waals surface area contributed by atoms with Crippen LogP contribution in [0.5, 0.6) is 5.75 Å². The summed E-state index contributed by atoms with van der Waals surface area (Å²) < 4.78 is 31.7. The van der Waals surface area contributed by atoms with Crippen LogP contribution in [0.25, 0.3) is 0 Å². The van der Waals surface area contributed by atoms with Crippen molar-refractivity contribution in [3.63, 3.8) is 0 Å². The number of nitrogens with one attached hydrogen (secondary N) is 1. The van der Waals surface area contributed by atoms with Gasteiger partial charge in [0.1, 0.15) is 11.8 Å². The maximum atomic E-state index is 12.7. The van der Waals surface area contributed by atoms with Gasteiger partial charge < -0.3 is 4.74 Å². The van der Waals surface area contributed by atoms with E-state index in [0.29, 0.717) is 17.0 Å². The fraction of sp³-hybridized carbons (Fsp3) is 0.0870. The Labute approximate surface area is 186 Å². The molecule has 0 saturated carbocycles. The smallest absolute Gasteiger partial charge is 0.271 e. The van der Waals surface area contributed by atoms with Crippen LogP contribution in [0.2, 0.25) is 0 Å². The maximum absolute atomic E-state index is 12.7. The molecule has 0 atom stereocenters. The van der Waals surface area contributed by atoms with Crippen molar-refractivity contribution in [2.45, 2.75) is 4.90 Å². The molecule has 0 heterocycles. The lowest BCUT2D eigenvalue weighted by Crippen LogP contribution is -2.26. The summed E-state index contributed by atoms with van der Waals surface area (Å²) in [6, 6.07) is 23.0. The van der Waals surface area contributed by atoms with Crippen LogP contribution in [0.15, 0.2) is 88.9 Å². The van der Waals surface area contributed by atoms with E-state index in [-0.39, 0.29) is 11.5 Å². The van der Waals surface area contributed by atoms with Crippen LogP contribution in [0.4, 0.5) is 5.69 Å². The van der Waals surface area contributed by atoms with Crippen LogP contribution >= 0.6 is 0 Å². The van der Waals surface area contributed by atoms with Crippen molar-refractivity contribution in [1.29, 1.82) is 5.26 Å². The predicted octanol–water partition coefficient (Wildman–Crippen LogP) is 3.18. The maximum Gasteiger partial charge on any atom is 0.271 e. The number of anilines is 1. The zero-order valence-corrected chi connectivity index (χ0v) is 18.0. The molecule has 3 aromatic carbocycles. The molecule has 1 N–H and O–H groups in total. The van der Waals surface area contributed by atoms with Gasteiger partial charge >= 0.3 is 0 Å². The van der Waals surface area contributed by atoms with Crippen LogP contribution in [-0.4, -0.2) is 34.2 Å². The number of sulfonamides is 1. The minimum absolute atomic E-state index is 0.0315. The van der Waals surface area contributed by atoms with Crippen LogP contribution in [0.1, 0.15) is 15.9 Å². The first-order valence-electron chi connectivity index (χ1n) is 9.49. The van der Waals surface area contributed by atoms with E-state index < -0.39 is 15.9 Å². The van der Waals surface area contributed by atoms with Crippen molar-refractivity contribution in [3.05, 3.63) is 90.0 Å². The normalized spacial score (nSPS) is 11.0. The van der Waals surface area contributed by atoms with Gasteiger partial charge in [-0.1, -0.05) is 18.2 Å². The summed E-state index contributed by atoms with van der Waals surface area (Å²) in [6.07, 6.45) is 1.47. The van der Waals surface area contributed by atoms with E-state index in [0.717, 1.165) is 9.87 Å². The van der Waals surface area contributed by atoms with Crippen LogP contribution in [-0.2, 0) is 10.0 Å².